The van der Waals surface area contributed by atoms with E-state index in [1.165, 1.54) is 0 Å². The third-order valence-electron chi connectivity index (χ3n) is 8.51. The highest BCUT2D eigenvalue weighted by Gasteiger charge is 2.31. The quantitative estimate of drug-likeness (QED) is 0.0756. The Balaban J connectivity index is 1.41. The Morgan fingerprint density at radius 2 is 0.793 bits per heavy atom. The van der Waals surface area contributed by atoms with Crippen molar-refractivity contribution >= 4 is 41.6 Å². The van der Waals surface area contributed by atoms with Crippen LogP contribution in [-0.4, -0.2) is 59.7 Å². The maximum absolute atomic E-state index is 13.7. The fourth-order valence-electron chi connectivity index (χ4n) is 5.47. The van der Waals surface area contributed by atoms with Gasteiger partial charge in [-0.1, -0.05) is 121 Å². The van der Waals surface area contributed by atoms with Crippen molar-refractivity contribution < 1.29 is 52.5 Å². The third-order valence-corrected chi connectivity index (χ3v) is 8.51. The van der Waals surface area contributed by atoms with Gasteiger partial charge in [-0.25, -0.2) is 9.59 Å². The van der Waals surface area contributed by atoms with E-state index in [0.29, 0.717) is 11.1 Å². The monoisotopic (exact) mass is 793 g/mol. The molecule has 0 saturated carbocycles. The van der Waals surface area contributed by atoms with Gasteiger partial charge in [0.1, 0.15) is 44.6 Å². The van der Waals surface area contributed by atoms with Crippen LogP contribution in [0, 0.1) is 0 Å². The van der Waals surface area contributed by atoms with Gasteiger partial charge in [-0.15, -0.1) is 0 Å². The van der Waals surface area contributed by atoms with Gasteiger partial charge in [-0.3, -0.25) is 24.0 Å². The van der Waals surface area contributed by atoms with Crippen molar-refractivity contribution in [2.75, 3.05) is 0 Å². The zero-order chi connectivity index (χ0) is 41.5. The molecule has 0 fully saturated rings. The van der Waals surface area contributed by atoms with Gasteiger partial charge in [0.2, 0.25) is 17.7 Å². The summed E-state index contributed by atoms with van der Waals surface area (Å²) in [6.45, 7) is 0.923. The number of esters is 4. The first-order valence-electron chi connectivity index (χ1n) is 18.7. The smallest absolute Gasteiger partial charge is 0.328 e. The van der Waals surface area contributed by atoms with Crippen molar-refractivity contribution in [3.8, 4) is 0 Å². The molecule has 58 heavy (non-hydrogen) atoms. The molecular formula is C44H47N3O11. The molecule has 0 aliphatic carbocycles. The van der Waals surface area contributed by atoms with E-state index < -0.39 is 66.1 Å². The number of carbonyl (C=O) groups is 7. The summed E-state index contributed by atoms with van der Waals surface area (Å²) < 4.78 is 21.6. The van der Waals surface area contributed by atoms with Gasteiger partial charge in [0.05, 0.1) is 6.42 Å². The van der Waals surface area contributed by atoms with E-state index in [0.717, 1.165) is 18.1 Å². The maximum Gasteiger partial charge on any atom is 0.328 e. The van der Waals surface area contributed by atoms with E-state index in [1.54, 1.807) is 109 Å². The van der Waals surface area contributed by atoms with Crippen molar-refractivity contribution in [3.63, 3.8) is 0 Å². The van der Waals surface area contributed by atoms with Gasteiger partial charge in [0.25, 0.3) is 0 Å². The van der Waals surface area contributed by atoms with Crippen molar-refractivity contribution in [2.45, 2.75) is 83.6 Å². The second-order valence-corrected chi connectivity index (χ2v) is 13.2. The minimum atomic E-state index is -1.52. The number of hydrogen-bond acceptors (Lipinski definition) is 11. The summed E-state index contributed by atoms with van der Waals surface area (Å²) in [5.74, 6) is -5.40. The second-order valence-electron chi connectivity index (χ2n) is 13.2. The lowest BCUT2D eigenvalue weighted by Gasteiger charge is -2.23. The van der Waals surface area contributed by atoms with Crippen molar-refractivity contribution in [1.82, 2.24) is 16.0 Å². The molecule has 304 valence electrons. The first kappa shape index (κ1) is 43.9. The number of nitrogens with one attached hydrogen (secondary N) is 3. The molecule has 0 radical (unpaired) electrons. The van der Waals surface area contributed by atoms with E-state index in [4.69, 9.17) is 18.9 Å². The highest BCUT2D eigenvalue weighted by molar-refractivity contribution is 5.94. The first-order chi connectivity index (χ1) is 28.0. The standard InChI is InChI=1S/C44H47N3O11/c1-31(48)45-38(42(52)47-37(44(54)58-30-35-20-12-5-13-21-35)23-25-41(51)56-28-33-16-8-3-9-17-33)26-39(49)46-36(43(53)57-29-34-18-10-4-11-19-34)22-24-40(50)55-27-32-14-6-2-7-15-32/h2-21,36-38H,22-30H2,1H3,(H,45,48)(H,46,49)(H,47,52). The summed E-state index contributed by atoms with van der Waals surface area (Å²) >= 11 is 0. The molecule has 3 N–H and O–H groups in total. The lowest BCUT2D eigenvalue weighted by Crippen LogP contribution is -2.54. The predicted octanol–water partition coefficient (Wildman–Crippen LogP) is 4.38. The SMILES string of the molecule is CC(=O)NC(CC(=O)NC(CCC(=O)OCc1ccccc1)C(=O)OCc1ccccc1)C(=O)NC(CCC(=O)OCc1ccccc1)C(=O)OCc1ccccc1. The summed E-state index contributed by atoms with van der Waals surface area (Å²) in [5, 5.41) is 7.43. The molecule has 4 aromatic carbocycles. The van der Waals surface area contributed by atoms with Crippen molar-refractivity contribution in [3.05, 3.63) is 144 Å². The normalized spacial score (nSPS) is 12.1. The lowest BCUT2D eigenvalue weighted by atomic mass is 10.1. The summed E-state index contributed by atoms with van der Waals surface area (Å²) in [7, 11) is 0. The van der Waals surface area contributed by atoms with Crippen LogP contribution in [0.25, 0.3) is 0 Å². The molecule has 0 saturated heterocycles. The Hall–Kier alpha value is -6.83. The number of hydrogen-bond donors (Lipinski definition) is 3. The molecule has 0 aliphatic rings. The molecule has 3 atom stereocenters. The highest BCUT2D eigenvalue weighted by atomic mass is 16.5. The maximum atomic E-state index is 13.7. The van der Waals surface area contributed by atoms with Crippen LogP contribution in [0.2, 0.25) is 0 Å². The summed E-state index contributed by atoms with van der Waals surface area (Å²) in [5.41, 5.74) is 2.89. The Bertz CT molecular complexity index is 1940. The van der Waals surface area contributed by atoms with Gasteiger partial charge in [0.15, 0.2) is 0 Å². The molecule has 3 unspecified atom stereocenters. The molecule has 0 spiro atoms. The Morgan fingerprint density at radius 1 is 0.448 bits per heavy atom. The molecule has 4 rings (SSSR count). The zero-order valence-electron chi connectivity index (χ0n) is 32.1. The van der Waals surface area contributed by atoms with Crippen LogP contribution in [0.4, 0.5) is 0 Å². The number of carbonyl (C=O) groups excluding carboxylic acids is 7. The largest absolute Gasteiger partial charge is 0.461 e. The molecule has 3 amide bonds. The van der Waals surface area contributed by atoms with E-state index >= 15 is 0 Å². The van der Waals surface area contributed by atoms with Gasteiger partial charge >= 0.3 is 23.9 Å². The van der Waals surface area contributed by atoms with Gasteiger partial charge < -0.3 is 34.9 Å². The van der Waals surface area contributed by atoms with Crippen molar-refractivity contribution in [1.29, 1.82) is 0 Å². The van der Waals surface area contributed by atoms with Crippen molar-refractivity contribution in [2.24, 2.45) is 0 Å². The average molecular weight is 794 g/mol. The minimum absolute atomic E-state index is 0.00450. The van der Waals surface area contributed by atoms with Crippen LogP contribution in [0.1, 0.15) is 61.3 Å². The Labute approximate surface area is 336 Å². The fourth-order valence-corrected chi connectivity index (χ4v) is 5.47. The predicted molar refractivity (Wildman–Crippen MR) is 210 cm³/mol. The first-order valence-corrected chi connectivity index (χ1v) is 18.7. The van der Waals surface area contributed by atoms with E-state index in [1.807, 2.05) is 12.1 Å². The van der Waals surface area contributed by atoms with Gasteiger partial charge in [-0.05, 0) is 35.1 Å². The second kappa shape index (κ2) is 23.9. The average Bonchev–Trinajstić information content (AvgIpc) is 3.24. The Kier molecular flexibility index (Phi) is 18.1. The summed E-state index contributed by atoms with van der Waals surface area (Å²) in [6.07, 6.45) is -1.61. The van der Waals surface area contributed by atoms with Crippen LogP contribution in [0.3, 0.4) is 0 Å². The summed E-state index contributed by atoms with van der Waals surface area (Å²) in [4.78, 5) is 91.2. The molecule has 0 bridgehead atoms. The molecule has 4 aromatic rings. The highest BCUT2D eigenvalue weighted by Crippen LogP contribution is 2.11. The van der Waals surface area contributed by atoms with Crippen LogP contribution in [-0.2, 0) is 78.9 Å². The molecule has 14 nitrogen and oxygen atoms in total. The van der Waals surface area contributed by atoms with E-state index in [9.17, 15) is 33.6 Å². The van der Waals surface area contributed by atoms with Gasteiger partial charge in [-0.2, -0.15) is 0 Å². The fraction of sp³-hybridized carbons (Fsp3) is 0.295. The van der Waals surface area contributed by atoms with Crippen LogP contribution in [0.5, 0.6) is 0 Å². The number of amides is 3. The Morgan fingerprint density at radius 3 is 1.16 bits per heavy atom. The van der Waals surface area contributed by atoms with E-state index in [2.05, 4.69) is 16.0 Å². The minimum Gasteiger partial charge on any atom is -0.461 e. The molecule has 0 aromatic heterocycles. The molecule has 0 aliphatic heterocycles. The number of ether oxygens (including phenoxy) is 4. The van der Waals surface area contributed by atoms with Crippen LogP contribution in [0.15, 0.2) is 121 Å². The topological polar surface area (TPSA) is 192 Å². The van der Waals surface area contributed by atoms with Crippen LogP contribution >= 0.6 is 0 Å². The summed E-state index contributed by atoms with van der Waals surface area (Å²) in [6, 6.07) is 31.4. The third kappa shape index (κ3) is 16.5. The number of rotatable bonds is 22. The zero-order valence-corrected chi connectivity index (χ0v) is 32.1. The van der Waals surface area contributed by atoms with Gasteiger partial charge in [0, 0.05) is 19.8 Å². The lowest BCUT2D eigenvalue weighted by molar-refractivity contribution is -0.152. The molecule has 14 heteroatoms. The van der Waals surface area contributed by atoms with E-state index in [-0.39, 0.29) is 52.1 Å². The molecular weight excluding hydrogens is 746 g/mol. The number of benzene rings is 4. The van der Waals surface area contributed by atoms with Crippen LogP contribution < -0.4 is 16.0 Å². The molecule has 0 heterocycles.